The molecule has 0 amide bonds. The fourth-order valence-corrected chi connectivity index (χ4v) is 2.83. The number of anilines is 1. The van der Waals surface area contributed by atoms with Crippen LogP contribution in [0.5, 0.6) is 0 Å². The summed E-state index contributed by atoms with van der Waals surface area (Å²) in [5, 5.41) is 3.96. The molecule has 0 fully saturated rings. The van der Waals surface area contributed by atoms with Gasteiger partial charge in [0, 0.05) is 11.9 Å². The summed E-state index contributed by atoms with van der Waals surface area (Å²) in [4.78, 5) is 16.7. The Bertz CT molecular complexity index is 844. The van der Waals surface area contributed by atoms with Crippen molar-refractivity contribution >= 4 is 34.5 Å². The van der Waals surface area contributed by atoms with Crippen molar-refractivity contribution in [2.45, 2.75) is 13.8 Å². The van der Waals surface area contributed by atoms with Crippen molar-refractivity contribution in [3.05, 3.63) is 57.7 Å². The summed E-state index contributed by atoms with van der Waals surface area (Å²) < 4.78 is 1.91. The highest BCUT2D eigenvalue weighted by Gasteiger charge is 2.14. The number of fused-ring (bicyclic) bond motifs is 1. The Morgan fingerprint density at radius 2 is 2.19 bits per heavy atom. The van der Waals surface area contributed by atoms with E-state index in [4.69, 9.17) is 5.73 Å². The van der Waals surface area contributed by atoms with Crippen molar-refractivity contribution in [1.29, 1.82) is 0 Å². The molecule has 0 bridgehead atoms. The molecule has 3 rings (SSSR count). The molecule has 0 radical (unpaired) electrons. The predicted molar refractivity (Wildman–Crippen MR) is 86.8 cm³/mol. The number of aryl methyl sites for hydroxylation is 2. The second kappa shape index (κ2) is 5.18. The monoisotopic (exact) mass is 297 g/mol. The first kappa shape index (κ1) is 13.6. The van der Waals surface area contributed by atoms with E-state index in [2.05, 4.69) is 4.98 Å². The number of imidazole rings is 1. The zero-order valence-corrected chi connectivity index (χ0v) is 12.6. The van der Waals surface area contributed by atoms with Crippen LogP contribution in [0.1, 0.15) is 27.3 Å². The largest absolute Gasteiger partial charge is 0.395 e. The molecule has 0 atom stereocenters. The van der Waals surface area contributed by atoms with Gasteiger partial charge in [-0.05, 0) is 48.4 Å². The van der Waals surface area contributed by atoms with Gasteiger partial charge in [-0.15, -0.1) is 0 Å². The van der Waals surface area contributed by atoms with Crippen molar-refractivity contribution in [2.75, 3.05) is 5.73 Å². The van der Waals surface area contributed by atoms with E-state index in [-0.39, 0.29) is 5.78 Å². The molecule has 0 aliphatic heterocycles. The fourth-order valence-electron chi connectivity index (χ4n) is 2.20. The maximum atomic E-state index is 12.3. The van der Waals surface area contributed by atoms with Crippen LogP contribution in [0.4, 0.5) is 5.69 Å². The minimum Gasteiger partial charge on any atom is -0.395 e. The van der Waals surface area contributed by atoms with Crippen molar-refractivity contribution in [2.24, 2.45) is 0 Å². The van der Waals surface area contributed by atoms with Gasteiger partial charge in [-0.1, -0.05) is 6.08 Å². The van der Waals surface area contributed by atoms with Crippen LogP contribution in [0.3, 0.4) is 0 Å². The zero-order valence-electron chi connectivity index (χ0n) is 11.8. The molecule has 3 heterocycles. The maximum Gasteiger partial charge on any atom is 0.188 e. The minimum absolute atomic E-state index is 0.112. The third-order valence-corrected chi connectivity index (χ3v) is 4.25. The molecule has 4 nitrogen and oxygen atoms in total. The normalized spacial score (nSPS) is 11.5. The van der Waals surface area contributed by atoms with E-state index < -0.39 is 0 Å². The van der Waals surface area contributed by atoms with Gasteiger partial charge in [0.05, 0.1) is 16.9 Å². The summed E-state index contributed by atoms with van der Waals surface area (Å²) in [7, 11) is 0. The van der Waals surface area contributed by atoms with Gasteiger partial charge in [-0.3, -0.25) is 4.79 Å². The lowest BCUT2D eigenvalue weighted by Gasteiger charge is -2.04. The van der Waals surface area contributed by atoms with Crippen LogP contribution in [-0.2, 0) is 0 Å². The van der Waals surface area contributed by atoms with Crippen LogP contribution < -0.4 is 5.73 Å². The average molecular weight is 297 g/mol. The van der Waals surface area contributed by atoms with Gasteiger partial charge in [0.1, 0.15) is 0 Å². The molecule has 21 heavy (non-hydrogen) atoms. The van der Waals surface area contributed by atoms with Crippen LogP contribution in [0.15, 0.2) is 35.2 Å². The Hall–Kier alpha value is -2.40. The second-order valence-corrected chi connectivity index (χ2v) is 5.65. The Balaban J connectivity index is 2.00. The number of nitrogens with two attached hydrogens (primary N) is 1. The predicted octanol–water partition coefficient (Wildman–Crippen LogP) is 3.49. The van der Waals surface area contributed by atoms with E-state index in [1.165, 1.54) is 0 Å². The Kier molecular flexibility index (Phi) is 3.35. The quantitative estimate of drug-likeness (QED) is 0.594. The van der Waals surface area contributed by atoms with Gasteiger partial charge in [0.15, 0.2) is 11.4 Å². The number of ketones is 1. The molecule has 0 unspecified atom stereocenters. The van der Waals surface area contributed by atoms with Gasteiger partial charge in [0.25, 0.3) is 0 Å². The van der Waals surface area contributed by atoms with Gasteiger partial charge in [0.2, 0.25) is 0 Å². The molecule has 5 heteroatoms. The summed E-state index contributed by atoms with van der Waals surface area (Å²) in [5.74, 6) is -0.112. The minimum atomic E-state index is -0.112. The van der Waals surface area contributed by atoms with Crippen molar-refractivity contribution in [3.63, 3.8) is 0 Å². The van der Waals surface area contributed by atoms with Crippen LogP contribution >= 0.6 is 11.3 Å². The van der Waals surface area contributed by atoms with Gasteiger partial charge >= 0.3 is 0 Å². The number of hydrogen-bond donors (Lipinski definition) is 1. The third-order valence-electron chi connectivity index (χ3n) is 3.54. The summed E-state index contributed by atoms with van der Waals surface area (Å²) in [5.41, 5.74) is 10.6. The molecular formula is C16H15N3OS. The number of nitrogens with zero attached hydrogens (tertiary/aromatic N) is 2. The van der Waals surface area contributed by atoms with Crippen LogP contribution in [0, 0.1) is 13.8 Å². The highest BCUT2D eigenvalue weighted by atomic mass is 32.1. The average Bonchev–Trinajstić information content (AvgIpc) is 3.08. The van der Waals surface area contributed by atoms with E-state index in [1.807, 2.05) is 41.3 Å². The van der Waals surface area contributed by atoms with E-state index in [0.29, 0.717) is 16.9 Å². The smallest absolute Gasteiger partial charge is 0.188 e. The highest BCUT2D eigenvalue weighted by Crippen LogP contribution is 2.22. The number of allylic oxidation sites excluding steroid dienone is 1. The third kappa shape index (κ3) is 2.36. The summed E-state index contributed by atoms with van der Waals surface area (Å²) in [6.07, 6.45) is 5.18. The molecule has 2 N–H and O–H groups in total. The number of thiophene rings is 1. The molecule has 0 aromatic carbocycles. The lowest BCUT2D eigenvalue weighted by atomic mass is 10.1. The molecule has 0 saturated carbocycles. The summed E-state index contributed by atoms with van der Waals surface area (Å²) in [6.45, 7) is 3.91. The van der Waals surface area contributed by atoms with Crippen LogP contribution in [0.2, 0.25) is 0 Å². The van der Waals surface area contributed by atoms with Crippen molar-refractivity contribution in [1.82, 2.24) is 9.38 Å². The SMILES string of the molecule is Cc1nc2c(N)c(C(=O)/C=C/c3ccsc3)ccn2c1C. The van der Waals surface area contributed by atoms with E-state index in [1.54, 1.807) is 29.6 Å². The Morgan fingerprint density at radius 1 is 1.38 bits per heavy atom. The van der Waals surface area contributed by atoms with Crippen LogP contribution in [0.25, 0.3) is 11.7 Å². The number of hydrogen-bond acceptors (Lipinski definition) is 4. The molecule has 0 aliphatic rings. The van der Waals surface area contributed by atoms with Gasteiger partial charge in [-0.2, -0.15) is 11.3 Å². The number of aromatic nitrogens is 2. The maximum absolute atomic E-state index is 12.3. The molecule has 0 saturated heterocycles. The highest BCUT2D eigenvalue weighted by molar-refractivity contribution is 7.08. The lowest BCUT2D eigenvalue weighted by Crippen LogP contribution is -2.04. The standard InChI is InChI=1S/C16H15N3OS/c1-10-11(2)19-7-5-13(15(17)16(19)18-10)14(20)4-3-12-6-8-21-9-12/h3-9H,17H2,1-2H3/b4-3+. The van der Waals surface area contributed by atoms with E-state index >= 15 is 0 Å². The molecule has 0 spiro atoms. The first-order chi connectivity index (χ1) is 10.1. The lowest BCUT2D eigenvalue weighted by molar-refractivity contribution is 0.104. The van der Waals surface area contributed by atoms with Crippen molar-refractivity contribution < 1.29 is 4.79 Å². The van der Waals surface area contributed by atoms with E-state index in [0.717, 1.165) is 17.0 Å². The van der Waals surface area contributed by atoms with Gasteiger partial charge in [-0.25, -0.2) is 4.98 Å². The zero-order chi connectivity index (χ0) is 15.0. The Labute approximate surface area is 126 Å². The molecule has 0 aliphatic carbocycles. The second-order valence-electron chi connectivity index (χ2n) is 4.87. The molecule has 3 aromatic rings. The van der Waals surface area contributed by atoms with Gasteiger partial charge < -0.3 is 10.1 Å². The fraction of sp³-hybridized carbons (Fsp3) is 0.125. The topological polar surface area (TPSA) is 60.4 Å². The number of carbonyl (C=O) groups excluding carboxylic acids is 1. The van der Waals surface area contributed by atoms with E-state index in [9.17, 15) is 4.79 Å². The number of carbonyl (C=O) groups is 1. The molecule has 3 aromatic heterocycles. The summed E-state index contributed by atoms with van der Waals surface area (Å²) >= 11 is 1.60. The van der Waals surface area contributed by atoms with Crippen molar-refractivity contribution in [3.8, 4) is 0 Å². The Morgan fingerprint density at radius 3 is 2.90 bits per heavy atom. The molecule has 106 valence electrons. The molecular weight excluding hydrogens is 282 g/mol. The number of rotatable bonds is 3. The van der Waals surface area contributed by atoms with Crippen LogP contribution in [-0.4, -0.2) is 15.2 Å². The first-order valence-corrected chi connectivity index (χ1v) is 7.50. The summed E-state index contributed by atoms with van der Waals surface area (Å²) in [6, 6.07) is 3.71. The number of pyridine rings is 1. The first-order valence-electron chi connectivity index (χ1n) is 6.56. The number of nitrogen functional groups attached to an aromatic ring is 1.